The molecule has 0 fully saturated rings. The van der Waals surface area contributed by atoms with Crippen LogP contribution in [-0.2, 0) is 11.2 Å². The largest absolute Gasteiger partial charge is 0.381 e. The number of halogens is 1. The summed E-state index contributed by atoms with van der Waals surface area (Å²) in [6.45, 7) is 11.8. The normalized spacial score (nSPS) is 11.8. The second-order valence-electron chi connectivity index (χ2n) is 6.69. The molecule has 0 atom stereocenters. The maximum Gasteiger partial charge on any atom is 0.191 e. The minimum Gasteiger partial charge on any atom is -0.381 e. The first kappa shape index (κ1) is 23.2. The molecular weight excluding hydrogens is 413 g/mol. The van der Waals surface area contributed by atoms with Crippen molar-refractivity contribution >= 4 is 29.9 Å². The number of hydrogen-bond donors (Lipinski definition) is 2. The number of benzene rings is 1. The lowest BCUT2D eigenvalue weighted by atomic mass is 10.1. The molecule has 0 saturated carbocycles. The van der Waals surface area contributed by atoms with E-state index >= 15 is 0 Å². The second kappa shape index (κ2) is 13.5. The molecule has 0 unspecified atom stereocenters. The summed E-state index contributed by atoms with van der Waals surface area (Å²) in [5.74, 6) is 0.894. The number of unbranched alkanes of at least 4 members (excludes halogenated alkanes) is 1. The van der Waals surface area contributed by atoms with Gasteiger partial charge in [-0.15, -0.1) is 24.0 Å². The van der Waals surface area contributed by atoms with Gasteiger partial charge in [0.05, 0.1) is 6.61 Å². The number of aliphatic imine (C=N–C) groups is 1. The average Bonchev–Trinajstić information content (AvgIpc) is 2.49. The van der Waals surface area contributed by atoms with Crippen molar-refractivity contribution in [1.29, 1.82) is 0 Å². The van der Waals surface area contributed by atoms with E-state index in [1.54, 1.807) is 0 Å². The van der Waals surface area contributed by atoms with Crippen molar-refractivity contribution in [1.82, 2.24) is 10.6 Å². The Morgan fingerprint density at radius 1 is 1.08 bits per heavy atom. The summed E-state index contributed by atoms with van der Waals surface area (Å²) in [5, 5.41) is 6.67. The molecule has 5 heteroatoms. The fourth-order valence-electron chi connectivity index (χ4n) is 2.11. The van der Waals surface area contributed by atoms with Crippen LogP contribution in [0, 0.1) is 0 Å². The second-order valence-corrected chi connectivity index (χ2v) is 6.69. The lowest BCUT2D eigenvalue weighted by molar-refractivity contribution is 0.134. The molecule has 0 amide bonds. The summed E-state index contributed by atoms with van der Waals surface area (Å²) in [6.07, 6.45) is 3.08. The van der Waals surface area contributed by atoms with E-state index in [0.29, 0.717) is 0 Å². The van der Waals surface area contributed by atoms with Crippen molar-refractivity contribution in [3.63, 3.8) is 0 Å². The number of ether oxygens (including phenoxy) is 1. The Morgan fingerprint density at radius 3 is 2.42 bits per heavy atom. The standard InChI is InChI=1S/C19H33N3O.HI/c1-5-20-18(22-19(2,3)4)21-14-9-10-15-23-16-13-17-11-7-6-8-12-17;/h6-8,11-12H,5,9-10,13-16H2,1-4H3,(H2,20,21,22);1H. The van der Waals surface area contributed by atoms with Crippen LogP contribution >= 0.6 is 24.0 Å². The third-order valence-corrected chi connectivity index (χ3v) is 3.18. The molecule has 0 aliphatic heterocycles. The van der Waals surface area contributed by atoms with Crippen LogP contribution in [0.3, 0.4) is 0 Å². The molecule has 24 heavy (non-hydrogen) atoms. The van der Waals surface area contributed by atoms with Crippen molar-refractivity contribution in [2.24, 2.45) is 4.99 Å². The summed E-state index contributed by atoms with van der Waals surface area (Å²) >= 11 is 0. The highest BCUT2D eigenvalue weighted by molar-refractivity contribution is 14.0. The van der Waals surface area contributed by atoms with Crippen LogP contribution in [0.2, 0.25) is 0 Å². The van der Waals surface area contributed by atoms with Gasteiger partial charge in [0.25, 0.3) is 0 Å². The maximum absolute atomic E-state index is 5.69. The van der Waals surface area contributed by atoms with E-state index in [2.05, 4.69) is 67.6 Å². The summed E-state index contributed by atoms with van der Waals surface area (Å²) in [4.78, 5) is 4.60. The zero-order chi connectivity index (χ0) is 17.0. The molecule has 0 spiro atoms. The van der Waals surface area contributed by atoms with Gasteiger partial charge >= 0.3 is 0 Å². The van der Waals surface area contributed by atoms with E-state index in [4.69, 9.17) is 4.74 Å². The SMILES string of the molecule is CCNC(=NCCCCOCCc1ccccc1)NC(C)(C)C.I. The minimum absolute atomic E-state index is 0. The molecule has 0 radical (unpaired) electrons. The Labute approximate surface area is 164 Å². The summed E-state index contributed by atoms with van der Waals surface area (Å²) < 4.78 is 5.69. The van der Waals surface area contributed by atoms with Crippen LogP contribution in [0.5, 0.6) is 0 Å². The molecule has 4 nitrogen and oxygen atoms in total. The molecule has 0 aliphatic carbocycles. The molecule has 0 saturated heterocycles. The first-order chi connectivity index (χ1) is 11.0. The topological polar surface area (TPSA) is 45.7 Å². The van der Waals surface area contributed by atoms with Gasteiger partial charge in [0.15, 0.2) is 5.96 Å². The molecule has 1 aromatic carbocycles. The zero-order valence-electron chi connectivity index (χ0n) is 15.6. The Bertz CT molecular complexity index is 444. The van der Waals surface area contributed by atoms with Gasteiger partial charge in [0, 0.05) is 25.2 Å². The molecule has 1 aromatic rings. The molecular formula is C19H34IN3O. The first-order valence-corrected chi connectivity index (χ1v) is 8.69. The van der Waals surface area contributed by atoms with Crippen molar-refractivity contribution in [3.05, 3.63) is 35.9 Å². The van der Waals surface area contributed by atoms with Crippen LogP contribution in [0.4, 0.5) is 0 Å². The van der Waals surface area contributed by atoms with Gasteiger partial charge in [-0.25, -0.2) is 0 Å². The Kier molecular flexibility index (Phi) is 13.0. The molecule has 1 rings (SSSR count). The molecule has 0 aliphatic rings. The quantitative estimate of drug-likeness (QED) is 0.260. The number of hydrogen-bond acceptors (Lipinski definition) is 2. The average molecular weight is 447 g/mol. The van der Waals surface area contributed by atoms with Gasteiger partial charge in [-0.05, 0) is 52.5 Å². The van der Waals surface area contributed by atoms with E-state index in [1.165, 1.54) is 5.56 Å². The number of rotatable bonds is 9. The molecule has 0 heterocycles. The lowest BCUT2D eigenvalue weighted by Crippen LogP contribution is -2.47. The summed E-state index contributed by atoms with van der Waals surface area (Å²) in [5.41, 5.74) is 1.36. The Morgan fingerprint density at radius 2 is 1.79 bits per heavy atom. The number of guanidine groups is 1. The molecule has 0 bridgehead atoms. The monoisotopic (exact) mass is 447 g/mol. The van der Waals surface area contributed by atoms with Crippen LogP contribution < -0.4 is 10.6 Å². The fourth-order valence-corrected chi connectivity index (χ4v) is 2.11. The lowest BCUT2D eigenvalue weighted by Gasteiger charge is -2.23. The third-order valence-electron chi connectivity index (χ3n) is 3.18. The highest BCUT2D eigenvalue weighted by Gasteiger charge is 2.11. The Balaban J connectivity index is 0.00000529. The Hall–Kier alpha value is -0.820. The zero-order valence-corrected chi connectivity index (χ0v) is 17.9. The van der Waals surface area contributed by atoms with Crippen LogP contribution in [0.15, 0.2) is 35.3 Å². The highest BCUT2D eigenvalue weighted by atomic mass is 127. The van der Waals surface area contributed by atoms with E-state index in [-0.39, 0.29) is 29.5 Å². The predicted octanol–water partition coefficient (Wildman–Crippen LogP) is 4.00. The molecule has 138 valence electrons. The van der Waals surface area contributed by atoms with Gasteiger partial charge in [-0.1, -0.05) is 30.3 Å². The van der Waals surface area contributed by atoms with E-state index in [0.717, 1.165) is 51.5 Å². The van der Waals surface area contributed by atoms with Crippen LogP contribution in [-0.4, -0.2) is 37.8 Å². The van der Waals surface area contributed by atoms with Gasteiger partial charge in [-0.3, -0.25) is 4.99 Å². The van der Waals surface area contributed by atoms with E-state index in [1.807, 2.05) is 6.07 Å². The van der Waals surface area contributed by atoms with Crippen LogP contribution in [0.1, 0.15) is 46.1 Å². The van der Waals surface area contributed by atoms with E-state index < -0.39 is 0 Å². The van der Waals surface area contributed by atoms with E-state index in [9.17, 15) is 0 Å². The predicted molar refractivity (Wildman–Crippen MR) is 114 cm³/mol. The maximum atomic E-state index is 5.69. The summed E-state index contributed by atoms with van der Waals surface area (Å²) in [6, 6.07) is 10.5. The highest BCUT2D eigenvalue weighted by Crippen LogP contribution is 2.01. The van der Waals surface area contributed by atoms with Crippen molar-refractivity contribution in [2.75, 3.05) is 26.3 Å². The molecule has 0 aromatic heterocycles. The minimum atomic E-state index is 0. The van der Waals surface area contributed by atoms with Gasteiger partial charge in [0.1, 0.15) is 0 Å². The first-order valence-electron chi connectivity index (χ1n) is 8.69. The number of nitrogens with one attached hydrogen (secondary N) is 2. The third kappa shape index (κ3) is 12.6. The smallest absolute Gasteiger partial charge is 0.191 e. The van der Waals surface area contributed by atoms with Gasteiger partial charge < -0.3 is 15.4 Å². The van der Waals surface area contributed by atoms with Crippen molar-refractivity contribution in [2.45, 2.75) is 52.5 Å². The summed E-state index contributed by atoms with van der Waals surface area (Å²) in [7, 11) is 0. The van der Waals surface area contributed by atoms with Gasteiger partial charge in [-0.2, -0.15) is 0 Å². The number of nitrogens with zero attached hydrogens (tertiary/aromatic N) is 1. The molecule has 2 N–H and O–H groups in total. The van der Waals surface area contributed by atoms with Crippen LogP contribution in [0.25, 0.3) is 0 Å². The fraction of sp³-hybridized carbons (Fsp3) is 0.632. The van der Waals surface area contributed by atoms with Crippen molar-refractivity contribution in [3.8, 4) is 0 Å². The van der Waals surface area contributed by atoms with Gasteiger partial charge in [0.2, 0.25) is 0 Å². The van der Waals surface area contributed by atoms with Crippen molar-refractivity contribution < 1.29 is 4.74 Å².